The van der Waals surface area contributed by atoms with Crippen LogP contribution in [-0.4, -0.2) is 9.97 Å². The molecule has 1 heterocycles. The van der Waals surface area contributed by atoms with Gasteiger partial charge >= 0.3 is 0 Å². The van der Waals surface area contributed by atoms with Crippen molar-refractivity contribution in [3.63, 3.8) is 0 Å². The van der Waals surface area contributed by atoms with E-state index in [1.807, 2.05) is 0 Å². The van der Waals surface area contributed by atoms with Gasteiger partial charge in [0.2, 0.25) is 0 Å². The maximum absolute atomic E-state index is 5.24. The molecule has 0 aromatic carbocycles. The monoisotopic (exact) mass is 236 g/mol. The van der Waals surface area contributed by atoms with Crippen LogP contribution >= 0.6 is 12.2 Å². The molecular weight excluding hydrogens is 216 g/mol. The van der Waals surface area contributed by atoms with Gasteiger partial charge in [0.25, 0.3) is 0 Å². The first-order chi connectivity index (χ1) is 7.65. The Morgan fingerprint density at radius 3 is 2.75 bits per heavy atom. The Morgan fingerprint density at radius 1 is 1.44 bits per heavy atom. The second kappa shape index (κ2) is 5.09. The van der Waals surface area contributed by atoms with Gasteiger partial charge in [-0.1, -0.05) is 38.9 Å². The summed E-state index contributed by atoms with van der Waals surface area (Å²) < 4.78 is 0.747. The van der Waals surface area contributed by atoms with Gasteiger partial charge in [0.05, 0.1) is 0 Å². The molecule has 0 radical (unpaired) electrons. The summed E-state index contributed by atoms with van der Waals surface area (Å²) in [6.45, 7) is 4.42. The molecule has 0 unspecified atom stereocenters. The van der Waals surface area contributed by atoms with Crippen molar-refractivity contribution in [2.24, 2.45) is 5.92 Å². The van der Waals surface area contributed by atoms with Crippen molar-refractivity contribution in [3.8, 4) is 0 Å². The van der Waals surface area contributed by atoms with Crippen molar-refractivity contribution in [2.45, 2.75) is 51.9 Å². The van der Waals surface area contributed by atoms with E-state index in [-0.39, 0.29) is 0 Å². The highest BCUT2D eigenvalue weighted by molar-refractivity contribution is 7.71. The quantitative estimate of drug-likeness (QED) is 0.804. The molecule has 0 spiro atoms. The van der Waals surface area contributed by atoms with Crippen LogP contribution in [0.4, 0.5) is 0 Å². The largest absolute Gasteiger partial charge is 0.347 e. The Bertz CT molecular complexity index is 403. The van der Waals surface area contributed by atoms with Crippen molar-refractivity contribution < 1.29 is 0 Å². The molecule has 3 heteroatoms. The predicted molar refractivity (Wildman–Crippen MR) is 69.2 cm³/mol. The lowest BCUT2D eigenvalue weighted by molar-refractivity contribution is 0.606. The number of rotatable bonds is 3. The van der Waals surface area contributed by atoms with Gasteiger partial charge in [0.1, 0.15) is 10.5 Å². The van der Waals surface area contributed by atoms with Crippen LogP contribution in [0.15, 0.2) is 6.07 Å². The van der Waals surface area contributed by atoms with Gasteiger partial charge < -0.3 is 4.98 Å². The summed E-state index contributed by atoms with van der Waals surface area (Å²) in [7, 11) is 0. The Morgan fingerprint density at radius 2 is 2.12 bits per heavy atom. The first kappa shape index (κ1) is 11.8. The van der Waals surface area contributed by atoms with E-state index < -0.39 is 0 Å². The van der Waals surface area contributed by atoms with Crippen molar-refractivity contribution in [1.29, 1.82) is 0 Å². The highest BCUT2D eigenvalue weighted by Crippen LogP contribution is 2.32. The molecule has 1 aromatic rings. The van der Waals surface area contributed by atoms with Gasteiger partial charge in [0.15, 0.2) is 0 Å². The summed E-state index contributed by atoms with van der Waals surface area (Å²) in [6.07, 6.45) is 6.30. The van der Waals surface area contributed by atoms with Gasteiger partial charge in [-0.05, 0) is 30.7 Å². The van der Waals surface area contributed by atoms with Gasteiger partial charge in [-0.2, -0.15) is 0 Å². The highest BCUT2D eigenvalue weighted by atomic mass is 32.1. The van der Waals surface area contributed by atoms with Crippen LogP contribution < -0.4 is 0 Å². The van der Waals surface area contributed by atoms with Gasteiger partial charge in [-0.25, -0.2) is 4.98 Å². The second-order valence-corrected chi connectivity index (χ2v) is 5.62. The standard InChI is InChI=1S/C13H20N2S/c1-9(2)7-12-14-11(8-13(16)15-12)10-5-3-4-6-10/h8-10H,3-7H2,1-2H3,(H,14,15,16). The lowest BCUT2D eigenvalue weighted by Crippen LogP contribution is -2.05. The molecule has 88 valence electrons. The second-order valence-electron chi connectivity index (χ2n) is 5.20. The molecule has 2 nitrogen and oxygen atoms in total. The lowest BCUT2D eigenvalue weighted by Gasteiger charge is -2.12. The summed E-state index contributed by atoms with van der Waals surface area (Å²) in [4.78, 5) is 7.89. The first-order valence-electron chi connectivity index (χ1n) is 6.25. The molecule has 0 amide bonds. The maximum Gasteiger partial charge on any atom is 0.129 e. The summed E-state index contributed by atoms with van der Waals surface area (Å²) in [5.74, 6) is 2.37. The van der Waals surface area contributed by atoms with Crippen molar-refractivity contribution in [1.82, 2.24) is 9.97 Å². The molecule has 2 rings (SSSR count). The van der Waals surface area contributed by atoms with E-state index in [9.17, 15) is 0 Å². The third-order valence-corrected chi connectivity index (χ3v) is 3.42. The minimum Gasteiger partial charge on any atom is -0.347 e. The zero-order valence-corrected chi connectivity index (χ0v) is 10.9. The summed E-state index contributed by atoms with van der Waals surface area (Å²) in [6, 6.07) is 2.05. The van der Waals surface area contributed by atoms with Crippen LogP contribution in [0.2, 0.25) is 0 Å². The Labute approximate surface area is 103 Å². The molecule has 16 heavy (non-hydrogen) atoms. The van der Waals surface area contributed by atoms with E-state index in [2.05, 4.69) is 29.9 Å². The predicted octanol–water partition coefficient (Wildman–Crippen LogP) is 4.00. The molecule has 1 fully saturated rings. The van der Waals surface area contributed by atoms with Crippen LogP contribution in [0, 0.1) is 10.6 Å². The SMILES string of the molecule is CC(C)Cc1nc(=S)cc(C2CCCC2)[nH]1. The lowest BCUT2D eigenvalue weighted by atomic mass is 10.0. The van der Waals surface area contributed by atoms with Gasteiger partial charge in [-0.15, -0.1) is 0 Å². The molecule has 1 aromatic heterocycles. The fraction of sp³-hybridized carbons (Fsp3) is 0.692. The molecule has 1 N–H and O–H groups in total. The van der Waals surface area contributed by atoms with E-state index >= 15 is 0 Å². The highest BCUT2D eigenvalue weighted by Gasteiger charge is 2.18. The minimum atomic E-state index is 0.622. The van der Waals surface area contributed by atoms with Crippen molar-refractivity contribution >= 4 is 12.2 Å². The summed E-state index contributed by atoms with van der Waals surface area (Å²) >= 11 is 5.24. The number of hydrogen-bond acceptors (Lipinski definition) is 2. The van der Waals surface area contributed by atoms with Crippen LogP contribution in [0.3, 0.4) is 0 Å². The van der Waals surface area contributed by atoms with Crippen LogP contribution in [-0.2, 0) is 6.42 Å². The smallest absolute Gasteiger partial charge is 0.129 e. The summed E-state index contributed by atoms with van der Waals surface area (Å²) in [5, 5.41) is 0. The number of nitrogens with one attached hydrogen (secondary N) is 1. The van der Waals surface area contributed by atoms with Crippen LogP contribution in [0.25, 0.3) is 0 Å². The Kier molecular flexibility index (Phi) is 3.74. The van der Waals surface area contributed by atoms with E-state index in [0.29, 0.717) is 11.8 Å². The summed E-state index contributed by atoms with van der Waals surface area (Å²) in [5.41, 5.74) is 1.31. The van der Waals surface area contributed by atoms with Gasteiger partial charge in [0, 0.05) is 12.1 Å². The van der Waals surface area contributed by atoms with Crippen LogP contribution in [0.1, 0.15) is 57.0 Å². The number of aromatic nitrogens is 2. The molecule has 0 aliphatic heterocycles. The molecule has 0 bridgehead atoms. The van der Waals surface area contributed by atoms with Crippen molar-refractivity contribution in [2.75, 3.05) is 0 Å². The molecule has 0 atom stereocenters. The van der Waals surface area contributed by atoms with Crippen LogP contribution in [0.5, 0.6) is 0 Å². The average Bonchev–Trinajstić information content (AvgIpc) is 2.67. The Balaban J connectivity index is 2.24. The normalized spacial score (nSPS) is 17.2. The number of hydrogen-bond donors (Lipinski definition) is 1. The van der Waals surface area contributed by atoms with Gasteiger partial charge in [-0.3, -0.25) is 0 Å². The third kappa shape index (κ3) is 2.91. The number of H-pyrrole nitrogens is 1. The molecule has 1 aliphatic rings. The molecule has 1 saturated carbocycles. The molecule has 1 aliphatic carbocycles. The maximum atomic E-state index is 5.24. The third-order valence-electron chi connectivity index (χ3n) is 3.21. The molecule has 0 saturated heterocycles. The fourth-order valence-corrected chi connectivity index (χ4v) is 2.71. The first-order valence-corrected chi connectivity index (χ1v) is 6.66. The van der Waals surface area contributed by atoms with E-state index in [0.717, 1.165) is 16.9 Å². The average molecular weight is 236 g/mol. The topological polar surface area (TPSA) is 28.7 Å². The van der Waals surface area contributed by atoms with E-state index in [1.54, 1.807) is 0 Å². The molecular formula is C13H20N2S. The minimum absolute atomic E-state index is 0.622. The zero-order valence-electron chi connectivity index (χ0n) is 10.1. The fourth-order valence-electron chi connectivity index (χ4n) is 2.47. The van der Waals surface area contributed by atoms with E-state index in [4.69, 9.17) is 12.2 Å². The van der Waals surface area contributed by atoms with Crippen molar-refractivity contribution in [3.05, 3.63) is 22.2 Å². The Hall–Kier alpha value is -0.700. The zero-order chi connectivity index (χ0) is 11.5. The number of nitrogens with zero attached hydrogens (tertiary/aromatic N) is 1. The van der Waals surface area contributed by atoms with E-state index in [1.165, 1.54) is 31.4 Å². The number of aromatic amines is 1.